The summed E-state index contributed by atoms with van der Waals surface area (Å²) in [6.45, 7) is 0.210. The van der Waals surface area contributed by atoms with Crippen LogP contribution in [0.1, 0.15) is 5.56 Å². The molecule has 0 unspecified atom stereocenters. The van der Waals surface area contributed by atoms with Gasteiger partial charge in [0, 0.05) is 11.5 Å². The van der Waals surface area contributed by atoms with Gasteiger partial charge in [-0.15, -0.1) is 11.8 Å². The number of thioether (sulfide) groups is 1. The van der Waals surface area contributed by atoms with Crippen molar-refractivity contribution in [1.29, 1.82) is 0 Å². The topological polar surface area (TPSA) is 20.2 Å². The molecule has 0 saturated carbocycles. The molecule has 0 aromatic heterocycles. The molecule has 0 radical (unpaired) electrons. The summed E-state index contributed by atoms with van der Waals surface area (Å²) in [4.78, 5) is 1.28. The highest BCUT2D eigenvalue weighted by Gasteiger charge is 1.98. The van der Waals surface area contributed by atoms with E-state index in [2.05, 4.69) is 54.8 Å². The predicted molar refractivity (Wildman–Crippen MR) is 74.4 cm³/mol. The molecule has 0 amide bonds. The van der Waals surface area contributed by atoms with Gasteiger partial charge in [-0.2, -0.15) is 0 Å². The molecule has 1 N–H and O–H groups in total. The largest absolute Gasteiger partial charge is 0.396 e. The highest BCUT2D eigenvalue weighted by Crippen LogP contribution is 2.23. The standard InChI is InChI=1S/C15H16OS/c1-17-15-8-6-14(7-9-15)13-4-2-12(3-5-13)10-11-16/h2-9,16H,10-11H2,1H3. The number of hydrogen-bond donors (Lipinski definition) is 1. The zero-order chi connectivity index (χ0) is 12.1. The van der Waals surface area contributed by atoms with Gasteiger partial charge in [0.15, 0.2) is 0 Å². The van der Waals surface area contributed by atoms with Crippen LogP contribution in [0.4, 0.5) is 0 Å². The van der Waals surface area contributed by atoms with Crippen LogP contribution in [0.15, 0.2) is 53.4 Å². The Morgan fingerprint density at radius 3 is 1.88 bits per heavy atom. The van der Waals surface area contributed by atoms with Crippen molar-refractivity contribution in [2.24, 2.45) is 0 Å². The molecular formula is C15H16OS. The Morgan fingerprint density at radius 2 is 1.41 bits per heavy atom. The molecule has 0 saturated heterocycles. The zero-order valence-electron chi connectivity index (χ0n) is 9.89. The predicted octanol–water partition coefficient (Wildman–Crippen LogP) is 3.61. The Kier molecular flexibility index (Phi) is 4.24. The van der Waals surface area contributed by atoms with Crippen LogP contribution in [0.25, 0.3) is 11.1 Å². The van der Waals surface area contributed by atoms with Gasteiger partial charge >= 0.3 is 0 Å². The second-order valence-electron chi connectivity index (χ2n) is 3.90. The first-order valence-electron chi connectivity index (χ1n) is 5.67. The maximum absolute atomic E-state index is 8.86. The molecule has 0 spiro atoms. The lowest BCUT2D eigenvalue weighted by atomic mass is 10.0. The van der Waals surface area contributed by atoms with E-state index in [0.29, 0.717) is 0 Å². The molecule has 2 aromatic rings. The van der Waals surface area contributed by atoms with E-state index in [9.17, 15) is 0 Å². The second-order valence-corrected chi connectivity index (χ2v) is 4.78. The molecule has 0 aliphatic heterocycles. The van der Waals surface area contributed by atoms with E-state index in [1.165, 1.54) is 21.6 Å². The highest BCUT2D eigenvalue weighted by atomic mass is 32.2. The second kappa shape index (κ2) is 5.89. The van der Waals surface area contributed by atoms with Gasteiger partial charge in [0.05, 0.1) is 0 Å². The van der Waals surface area contributed by atoms with Gasteiger partial charge in [-0.1, -0.05) is 36.4 Å². The number of hydrogen-bond acceptors (Lipinski definition) is 2. The fourth-order valence-electron chi connectivity index (χ4n) is 1.78. The summed E-state index contributed by atoms with van der Waals surface area (Å²) < 4.78 is 0. The van der Waals surface area contributed by atoms with Crippen molar-refractivity contribution in [1.82, 2.24) is 0 Å². The van der Waals surface area contributed by atoms with Gasteiger partial charge in [0.25, 0.3) is 0 Å². The van der Waals surface area contributed by atoms with Gasteiger partial charge in [0.1, 0.15) is 0 Å². The van der Waals surface area contributed by atoms with Crippen LogP contribution in [0, 0.1) is 0 Å². The molecular weight excluding hydrogens is 228 g/mol. The van der Waals surface area contributed by atoms with E-state index in [-0.39, 0.29) is 6.61 Å². The lowest BCUT2D eigenvalue weighted by molar-refractivity contribution is 0.299. The molecule has 0 heterocycles. The number of rotatable bonds is 4. The Bertz CT molecular complexity index is 459. The summed E-state index contributed by atoms with van der Waals surface area (Å²) >= 11 is 1.75. The minimum absolute atomic E-state index is 0.210. The van der Waals surface area contributed by atoms with Crippen LogP contribution >= 0.6 is 11.8 Å². The van der Waals surface area contributed by atoms with Gasteiger partial charge in [-0.25, -0.2) is 0 Å². The summed E-state index contributed by atoms with van der Waals surface area (Å²) in [5.41, 5.74) is 3.63. The van der Waals surface area contributed by atoms with E-state index < -0.39 is 0 Å². The van der Waals surface area contributed by atoms with Crippen LogP contribution in [0.5, 0.6) is 0 Å². The molecule has 88 valence electrons. The van der Waals surface area contributed by atoms with Gasteiger partial charge in [0.2, 0.25) is 0 Å². The maximum Gasteiger partial charge on any atom is 0.0471 e. The Hall–Kier alpha value is -1.25. The fourth-order valence-corrected chi connectivity index (χ4v) is 2.18. The first kappa shape index (κ1) is 12.2. The Morgan fingerprint density at radius 1 is 0.882 bits per heavy atom. The molecule has 2 rings (SSSR count). The zero-order valence-corrected chi connectivity index (χ0v) is 10.7. The average molecular weight is 244 g/mol. The summed E-state index contributed by atoms with van der Waals surface area (Å²) in [7, 11) is 0. The normalized spacial score (nSPS) is 10.5. The van der Waals surface area contributed by atoms with Crippen LogP contribution < -0.4 is 0 Å². The molecule has 0 fully saturated rings. The van der Waals surface area contributed by atoms with Crippen molar-refractivity contribution in [3.63, 3.8) is 0 Å². The minimum Gasteiger partial charge on any atom is -0.396 e. The van der Waals surface area contributed by atoms with Crippen molar-refractivity contribution < 1.29 is 5.11 Å². The molecule has 2 aromatic carbocycles. The lowest BCUT2D eigenvalue weighted by Crippen LogP contribution is -1.89. The number of aliphatic hydroxyl groups is 1. The quantitative estimate of drug-likeness (QED) is 0.829. The van der Waals surface area contributed by atoms with Crippen molar-refractivity contribution in [3.8, 4) is 11.1 Å². The summed E-state index contributed by atoms with van der Waals surface area (Å²) in [5, 5.41) is 8.86. The maximum atomic E-state index is 8.86. The fraction of sp³-hybridized carbons (Fsp3) is 0.200. The SMILES string of the molecule is CSc1ccc(-c2ccc(CCO)cc2)cc1. The van der Waals surface area contributed by atoms with Crippen molar-refractivity contribution >= 4 is 11.8 Å². The van der Waals surface area contributed by atoms with Crippen LogP contribution in [-0.4, -0.2) is 18.0 Å². The molecule has 17 heavy (non-hydrogen) atoms. The molecule has 1 nitrogen and oxygen atoms in total. The average Bonchev–Trinajstić information content (AvgIpc) is 2.40. The van der Waals surface area contributed by atoms with E-state index in [4.69, 9.17) is 5.11 Å². The highest BCUT2D eigenvalue weighted by molar-refractivity contribution is 7.98. The van der Waals surface area contributed by atoms with Gasteiger partial charge in [-0.3, -0.25) is 0 Å². The molecule has 0 bridgehead atoms. The van der Waals surface area contributed by atoms with E-state index >= 15 is 0 Å². The van der Waals surface area contributed by atoms with Crippen LogP contribution in [0.2, 0.25) is 0 Å². The first-order chi connectivity index (χ1) is 8.33. The van der Waals surface area contributed by atoms with Crippen molar-refractivity contribution in [2.75, 3.05) is 12.9 Å². The lowest BCUT2D eigenvalue weighted by Gasteiger charge is -2.04. The Balaban J connectivity index is 2.20. The molecule has 0 aliphatic carbocycles. The monoisotopic (exact) mass is 244 g/mol. The Labute approximate surface area is 107 Å². The number of aliphatic hydroxyl groups excluding tert-OH is 1. The third-order valence-electron chi connectivity index (χ3n) is 2.78. The molecule has 0 aliphatic rings. The third kappa shape index (κ3) is 3.11. The summed E-state index contributed by atoms with van der Waals surface area (Å²) in [5.74, 6) is 0. The van der Waals surface area contributed by atoms with Crippen LogP contribution in [0.3, 0.4) is 0 Å². The van der Waals surface area contributed by atoms with Crippen molar-refractivity contribution in [3.05, 3.63) is 54.1 Å². The summed E-state index contributed by atoms with van der Waals surface area (Å²) in [6, 6.07) is 16.9. The smallest absolute Gasteiger partial charge is 0.0471 e. The van der Waals surface area contributed by atoms with Crippen LogP contribution in [-0.2, 0) is 6.42 Å². The van der Waals surface area contributed by atoms with Gasteiger partial charge in [-0.05, 0) is 41.5 Å². The van der Waals surface area contributed by atoms with E-state index in [1.807, 2.05) is 0 Å². The van der Waals surface area contributed by atoms with E-state index in [0.717, 1.165) is 6.42 Å². The van der Waals surface area contributed by atoms with Gasteiger partial charge < -0.3 is 5.11 Å². The molecule has 0 atom stereocenters. The van der Waals surface area contributed by atoms with Crippen molar-refractivity contribution in [2.45, 2.75) is 11.3 Å². The third-order valence-corrected chi connectivity index (χ3v) is 3.52. The molecule has 2 heteroatoms. The number of benzene rings is 2. The summed E-state index contributed by atoms with van der Waals surface area (Å²) in [6.07, 6.45) is 2.81. The minimum atomic E-state index is 0.210. The first-order valence-corrected chi connectivity index (χ1v) is 6.90. The van der Waals surface area contributed by atoms with E-state index in [1.54, 1.807) is 11.8 Å².